The predicted octanol–water partition coefficient (Wildman–Crippen LogP) is 3.24. The summed E-state index contributed by atoms with van der Waals surface area (Å²) < 4.78 is 10.6. The SMILES string of the molecule is CCOC(=O)CN1N=C(c2ccc(OCC)cc2)CC(C2C(=O)N(c3ccccc3)N=C2C)C1=O. The average Bonchev–Trinajstić information content (AvgIpc) is 3.15. The summed E-state index contributed by atoms with van der Waals surface area (Å²) >= 11 is 0. The molecule has 9 nitrogen and oxygen atoms in total. The molecule has 2 amide bonds. The van der Waals surface area contributed by atoms with Gasteiger partial charge in [-0.1, -0.05) is 18.2 Å². The molecule has 2 unspecified atom stereocenters. The average molecular weight is 477 g/mol. The lowest BCUT2D eigenvalue weighted by atomic mass is 9.81. The van der Waals surface area contributed by atoms with Crippen LogP contribution in [0.2, 0.25) is 0 Å². The van der Waals surface area contributed by atoms with Crippen LogP contribution in [0.25, 0.3) is 0 Å². The molecule has 2 aromatic carbocycles. The highest BCUT2D eigenvalue weighted by Crippen LogP contribution is 2.34. The second-order valence-corrected chi connectivity index (χ2v) is 8.22. The van der Waals surface area contributed by atoms with Crippen LogP contribution in [-0.2, 0) is 19.1 Å². The number of hydrazone groups is 2. The van der Waals surface area contributed by atoms with E-state index >= 15 is 0 Å². The molecule has 0 saturated carbocycles. The smallest absolute Gasteiger partial charge is 0.327 e. The van der Waals surface area contributed by atoms with Crippen molar-refractivity contribution in [3.63, 3.8) is 0 Å². The van der Waals surface area contributed by atoms with E-state index < -0.39 is 23.7 Å². The fourth-order valence-electron chi connectivity index (χ4n) is 4.31. The Bertz CT molecular complexity index is 1160. The fraction of sp³-hybridized carbons (Fsp3) is 0.346. The summed E-state index contributed by atoms with van der Waals surface area (Å²) in [4.78, 5) is 39.1. The van der Waals surface area contributed by atoms with Crippen LogP contribution < -0.4 is 9.75 Å². The van der Waals surface area contributed by atoms with Crippen molar-refractivity contribution in [3.8, 4) is 5.75 Å². The molecule has 35 heavy (non-hydrogen) atoms. The number of nitrogens with zero attached hydrogens (tertiary/aromatic N) is 4. The van der Waals surface area contributed by atoms with E-state index in [0.29, 0.717) is 23.7 Å². The maximum Gasteiger partial charge on any atom is 0.327 e. The number of amides is 2. The monoisotopic (exact) mass is 476 g/mol. The molecule has 4 rings (SSSR count). The lowest BCUT2D eigenvalue weighted by Crippen LogP contribution is -2.47. The molecule has 0 radical (unpaired) electrons. The third-order valence-electron chi connectivity index (χ3n) is 5.89. The normalized spacial score (nSPS) is 20.0. The van der Waals surface area contributed by atoms with Gasteiger partial charge in [0.1, 0.15) is 12.3 Å². The van der Waals surface area contributed by atoms with Gasteiger partial charge in [-0.25, -0.2) is 10.0 Å². The summed E-state index contributed by atoms with van der Waals surface area (Å²) in [6.07, 6.45) is 0.234. The lowest BCUT2D eigenvalue weighted by molar-refractivity contribution is -0.151. The first-order valence-corrected chi connectivity index (χ1v) is 11.6. The molecular formula is C26H28N4O5. The van der Waals surface area contributed by atoms with Crippen molar-refractivity contribution >= 4 is 34.9 Å². The van der Waals surface area contributed by atoms with Crippen LogP contribution in [0.15, 0.2) is 64.8 Å². The van der Waals surface area contributed by atoms with Crippen LogP contribution in [-0.4, -0.2) is 54.0 Å². The maximum absolute atomic E-state index is 13.5. The molecule has 0 fully saturated rings. The third-order valence-corrected chi connectivity index (χ3v) is 5.89. The number of benzene rings is 2. The molecule has 2 atom stereocenters. The molecule has 2 aliphatic heterocycles. The molecular weight excluding hydrogens is 448 g/mol. The Morgan fingerprint density at radius 1 is 0.971 bits per heavy atom. The van der Waals surface area contributed by atoms with Crippen LogP contribution in [0.3, 0.4) is 0 Å². The van der Waals surface area contributed by atoms with E-state index in [4.69, 9.17) is 9.47 Å². The maximum atomic E-state index is 13.5. The zero-order valence-corrected chi connectivity index (χ0v) is 20.0. The second-order valence-electron chi connectivity index (χ2n) is 8.22. The molecule has 0 spiro atoms. The van der Waals surface area contributed by atoms with E-state index in [1.54, 1.807) is 26.0 Å². The summed E-state index contributed by atoms with van der Waals surface area (Å²) in [6, 6.07) is 16.4. The number of hydrogen-bond donors (Lipinski definition) is 0. The summed E-state index contributed by atoms with van der Waals surface area (Å²) in [5.74, 6) is -2.05. The van der Waals surface area contributed by atoms with E-state index in [1.165, 1.54) is 5.01 Å². The minimum absolute atomic E-state index is 0.193. The number of anilines is 1. The Morgan fingerprint density at radius 2 is 1.69 bits per heavy atom. The van der Waals surface area contributed by atoms with Gasteiger partial charge in [-0.2, -0.15) is 10.2 Å². The lowest BCUT2D eigenvalue weighted by Gasteiger charge is -2.31. The van der Waals surface area contributed by atoms with Crippen LogP contribution in [0.4, 0.5) is 5.69 Å². The Balaban J connectivity index is 1.66. The number of hydrogen-bond acceptors (Lipinski definition) is 7. The van der Waals surface area contributed by atoms with Gasteiger partial charge >= 0.3 is 5.97 Å². The molecule has 0 N–H and O–H groups in total. The molecule has 0 bridgehead atoms. The second kappa shape index (κ2) is 10.5. The summed E-state index contributed by atoms with van der Waals surface area (Å²) in [5.41, 5.74) is 2.55. The molecule has 0 aliphatic carbocycles. The highest BCUT2D eigenvalue weighted by molar-refractivity contribution is 6.18. The number of carbonyl (C=O) groups excluding carboxylic acids is 3. The van der Waals surface area contributed by atoms with E-state index in [0.717, 1.165) is 16.3 Å². The minimum atomic E-state index is -0.763. The molecule has 0 aromatic heterocycles. The highest BCUT2D eigenvalue weighted by atomic mass is 16.5. The predicted molar refractivity (Wildman–Crippen MR) is 131 cm³/mol. The van der Waals surface area contributed by atoms with Crippen molar-refractivity contribution in [1.29, 1.82) is 0 Å². The Labute approximate surface area is 204 Å². The van der Waals surface area contributed by atoms with Gasteiger partial charge in [0.25, 0.3) is 5.91 Å². The van der Waals surface area contributed by atoms with Gasteiger partial charge in [0.2, 0.25) is 5.91 Å². The third kappa shape index (κ3) is 5.08. The van der Waals surface area contributed by atoms with Crippen molar-refractivity contribution in [2.45, 2.75) is 27.2 Å². The van der Waals surface area contributed by atoms with E-state index in [1.807, 2.05) is 49.4 Å². The van der Waals surface area contributed by atoms with Gasteiger partial charge in [0.05, 0.1) is 36.4 Å². The molecule has 182 valence electrons. The number of esters is 1. The minimum Gasteiger partial charge on any atom is -0.494 e. The van der Waals surface area contributed by atoms with Crippen molar-refractivity contribution in [2.24, 2.45) is 22.0 Å². The molecule has 2 aliphatic rings. The van der Waals surface area contributed by atoms with Crippen LogP contribution in [0.5, 0.6) is 5.75 Å². The highest BCUT2D eigenvalue weighted by Gasteiger charge is 2.47. The Hall–Kier alpha value is -4.01. The molecule has 9 heteroatoms. The van der Waals surface area contributed by atoms with Gasteiger partial charge in [-0.15, -0.1) is 0 Å². The van der Waals surface area contributed by atoms with E-state index in [2.05, 4.69) is 10.2 Å². The summed E-state index contributed by atoms with van der Waals surface area (Å²) in [7, 11) is 0. The first kappa shape index (κ1) is 24.1. The zero-order valence-electron chi connectivity index (χ0n) is 20.0. The molecule has 0 saturated heterocycles. The number of carbonyl (C=O) groups is 3. The van der Waals surface area contributed by atoms with Crippen LogP contribution >= 0.6 is 0 Å². The van der Waals surface area contributed by atoms with Crippen LogP contribution in [0.1, 0.15) is 32.8 Å². The van der Waals surface area contributed by atoms with Gasteiger partial charge < -0.3 is 9.47 Å². The van der Waals surface area contributed by atoms with Crippen molar-refractivity contribution in [2.75, 3.05) is 24.8 Å². The van der Waals surface area contributed by atoms with Crippen LogP contribution in [0, 0.1) is 11.8 Å². The molecule has 2 aromatic rings. The Kier molecular flexibility index (Phi) is 7.24. The number of rotatable bonds is 8. The first-order chi connectivity index (χ1) is 16.9. The Morgan fingerprint density at radius 3 is 2.34 bits per heavy atom. The van der Waals surface area contributed by atoms with E-state index in [-0.39, 0.29) is 25.5 Å². The van der Waals surface area contributed by atoms with Gasteiger partial charge in [-0.3, -0.25) is 14.4 Å². The van der Waals surface area contributed by atoms with Gasteiger partial charge in [0.15, 0.2) is 0 Å². The van der Waals surface area contributed by atoms with Gasteiger partial charge in [-0.05, 0) is 62.7 Å². The quantitative estimate of drug-likeness (QED) is 0.545. The topological polar surface area (TPSA) is 101 Å². The van der Waals surface area contributed by atoms with Gasteiger partial charge in [0, 0.05) is 12.1 Å². The van der Waals surface area contributed by atoms with Crippen molar-refractivity contribution in [1.82, 2.24) is 5.01 Å². The summed E-state index contributed by atoms with van der Waals surface area (Å²) in [5, 5.41) is 11.4. The first-order valence-electron chi connectivity index (χ1n) is 11.6. The number of ether oxygens (including phenoxy) is 2. The molecule has 2 heterocycles. The fourth-order valence-corrected chi connectivity index (χ4v) is 4.31. The summed E-state index contributed by atoms with van der Waals surface area (Å²) in [6.45, 7) is 5.76. The van der Waals surface area contributed by atoms with Crippen molar-refractivity contribution in [3.05, 3.63) is 60.2 Å². The zero-order chi connectivity index (χ0) is 24.9. The standard InChI is InChI=1S/C26H28N4O5/c1-4-34-20-13-11-18(12-14-20)22-15-21(25(32)29(28-22)16-23(31)35-5-2)24-17(3)27-30(26(24)33)19-9-7-6-8-10-19/h6-14,21,24H,4-5,15-16H2,1-3H3. The number of para-hydroxylation sites is 1. The van der Waals surface area contributed by atoms with E-state index in [9.17, 15) is 14.4 Å². The largest absolute Gasteiger partial charge is 0.494 e. The van der Waals surface area contributed by atoms with Crippen molar-refractivity contribution < 1.29 is 23.9 Å².